The summed E-state index contributed by atoms with van der Waals surface area (Å²) in [4.78, 5) is 17.1. The van der Waals surface area contributed by atoms with Crippen molar-refractivity contribution in [2.24, 2.45) is 4.99 Å². The molecule has 2 aromatic heterocycles. The van der Waals surface area contributed by atoms with Gasteiger partial charge in [-0.3, -0.25) is 0 Å². The summed E-state index contributed by atoms with van der Waals surface area (Å²) >= 11 is 1.70. The zero-order valence-corrected chi connectivity index (χ0v) is 17.1. The van der Waals surface area contributed by atoms with Gasteiger partial charge >= 0.3 is 0 Å². The van der Waals surface area contributed by atoms with Gasteiger partial charge < -0.3 is 20.3 Å². The zero-order valence-electron chi connectivity index (χ0n) is 16.2. The number of ether oxygens (including phenoxy) is 1. The molecule has 27 heavy (non-hydrogen) atoms. The van der Waals surface area contributed by atoms with E-state index in [2.05, 4.69) is 63.4 Å². The van der Waals surface area contributed by atoms with Crippen LogP contribution in [-0.4, -0.2) is 48.3 Å². The fourth-order valence-electron chi connectivity index (χ4n) is 2.88. The van der Waals surface area contributed by atoms with Crippen LogP contribution in [0.3, 0.4) is 0 Å². The van der Waals surface area contributed by atoms with Crippen molar-refractivity contribution in [3.63, 3.8) is 0 Å². The fraction of sp³-hybridized carbons (Fsp3) is 0.526. The van der Waals surface area contributed by atoms with E-state index in [1.807, 2.05) is 12.4 Å². The van der Waals surface area contributed by atoms with E-state index in [9.17, 15) is 0 Å². The summed E-state index contributed by atoms with van der Waals surface area (Å²) in [5, 5.41) is 7.66. The average Bonchev–Trinajstić information content (AvgIpc) is 3.10. The summed E-state index contributed by atoms with van der Waals surface area (Å²) in [5.74, 6) is 1.79. The molecule has 0 aromatic carbocycles. The maximum Gasteiger partial charge on any atom is 0.191 e. The molecule has 3 rings (SSSR count). The smallest absolute Gasteiger partial charge is 0.191 e. The van der Waals surface area contributed by atoms with Crippen molar-refractivity contribution in [2.75, 3.05) is 31.1 Å². The first-order valence-corrected chi connectivity index (χ1v) is 10.2. The largest absolute Gasteiger partial charge is 0.375 e. The van der Waals surface area contributed by atoms with E-state index in [-0.39, 0.29) is 6.10 Å². The molecule has 1 unspecified atom stereocenters. The molecule has 0 amide bonds. The Labute approximate surface area is 164 Å². The zero-order chi connectivity index (χ0) is 19.1. The van der Waals surface area contributed by atoms with Crippen molar-refractivity contribution in [3.05, 3.63) is 40.0 Å². The Morgan fingerprint density at radius 2 is 2.22 bits per heavy atom. The number of hydrogen-bond donors (Lipinski definition) is 2. The predicted octanol–water partition coefficient (Wildman–Crippen LogP) is 2.33. The lowest BCUT2D eigenvalue weighted by Gasteiger charge is -2.32. The number of pyridine rings is 1. The van der Waals surface area contributed by atoms with E-state index in [0.717, 1.165) is 48.6 Å². The second-order valence-electron chi connectivity index (χ2n) is 6.57. The number of nitrogens with one attached hydrogen (secondary N) is 2. The Morgan fingerprint density at radius 1 is 1.33 bits per heavy atom. The van der Waals surface area contributed by atoms with Crippen LogP contribution in [0.1, 0.15) is 29.3 Å². The molecule has 1 saturated heterocycles. The fourth-order valence-corrected chi connectivity index (χ4v) is 3.61. The van der Waals surface area contributed by atoms with E-state index in [1.165, 1.54) is 4.88 Å². The highest BCUT2D eigenvalue weighted by molar-refractivity contribution is 7.11. The molecular formula is C19H28N6OS. The molecule has 3 heterocycles. The third kappa shape index (κ3) is 5.90. The summed E-state index contributed by atoms with van der Waals surface area (Å²) < 4.78 is 5.59. The van der Waals surface area contributed by atoms with Crippen molar-refractivity contribution in [1.82, 2.24) is 20.6 Å². The third-order valence-electron chi connectivity index (χ3n) is 4.21. The number of aromatic nitrogens is 2. The highest BCUT2D eigenvalue weighted by Crippen LogP contribution is 2.16. The Balaban J connectivity index is 1.56. The molecule has 146 valence electrons. The third-order valence-corrected chi connectivity index (χ3v) is 5.13. The second kappa shape index (κ2) is 9.66. The van der Waals surface area contributed by atoms with Gasteiger partial charge in [0.2, 0.25) is 0 Å². The molecule has 1 aliphatic heterocycles. The van der Waals surface area contributed by atoms with Gasteiger partial charge in [0, 0.05) is 36.9 Å². The summed E-state index contributed by atoms with van der Waals surface area (Å²) in [7, 11) is 0. The van der Waals surface area contributed by atoms with Gasteiger partial charge in [0.05, 0.1) is 25.8 Å². The van der Waals surface area contributed by atoms with Gasteiger partial charge in [-0.25, -0.2) is 15.0 Å². The maximum atomic E-state index is 5.59. The van der Waals surface area contributed by atoms with Gasteiger partial charge in [-0.1, -0.05) is 6.07 Å². The Kier molecular flexibility index (Phi) is 7.00. The molecule has 8 heteroatoms. The minimum absolute atomic E-state index is 0.250. The normalized spacial score (nSPS) is 17.8. The monoisotopic (exact) mass is 388 g/mol. The molecule has 0 radical (unpaired) electrons. The van der Waals surface area contributed by atoms with E-state index < -0.39 is 0 Å². The summed E-state index contributed by atoms with van der Waals surface area (Å²) in [5.41, 5.74) is 1.09. The SMILES string of the molecule is CCNC(=NCc1ccc(N2CCOC(C)C2)nc1)NCc1ncc(C)s1. The molecule has 2 N–H and O–H groups in total. The number of anilines is 1. The van der Waals surface area contributed by atoms with Crippen LogP contribution in [0.15, 0.2) is 29.5 Å². The standard InChI is InChI=1S/C19H28N6OS/c1-4-20-19(24-12-18-22-9-15(3)27-18)23-11-16-5-6-17(21-10-16)25-7-8-26-14(2)13-25/h5-6,9-10,14H,4,7-8,11-13H2,1-3H3,(H2,20,23,24). The number of aryl methyl sites for hydroxylation is 1. The van der Waals surface area contributed by atoms with E-state index >= 15 is 0 Å². The van der Waals surface area contributed by atoms with Crippen LogP contribution in [0.5, 0.6) is 0 Å². The van der Waals surface area contributed by atoms with E-state index in [4.69, 9.17) is 4.74 Å². The van der Waals surface area contributed by atoms with Crippen molar-refractivity contribution in [3.8, 4) is 0 Å². The van der Waals surface area contributed by atoms with Crippen LogP contribution >= 0.6 is 11.3 Å². The van der Waals surface area contributed by atoms with Crippen molar-refractivity contribution >= 4 is 23.1 Å². The van der Waals surface area contributed by atoms with E-state index in [0.29, 0.717) is 13.1 Å². The average molecular weight is 389 g/mol. The van der Waals surface area contributed by atoms with Crippen LogP contribution in [0.4, 0.5) is 5.82 Å². The quantitative estimate of drug-likeness (QED) is 0.584. The first-order valence-electron chi connectivity index (χ1n) is 9.39. The number of aliphatic imine (C=N–C) groups is 1. The summed E-state index contributed by atoms with van der Waals surface area (Å²) in [6, 6.07) is 4.17. The lowest BCUT2D eigenvalue weighted by molar-refractivity contribution is 0.0529. The summed E-state index contributed by atoms with van der Waals surface area (Å²) in [6.45, 7) is 10.8. The molecule has 7 nitrogen and oxygen atoms in total. The Hall–Kier alpha value is -2.19. The molecule has 0 saturated carbocycles. The van der Waals surface area contributed by atoms with Crippen LogP contribution in [0, 0.1) is 6.92 Å². The van der Waals surface area contributed by atoms with Crippen LogP contribution in [-0.2, 0) is 17.8 Å². The molecule has 1 fully saturated rings. The molecule has 2 aromatic rings. The lowest BCUT2D eigenvalue weighted by atomic mass is 10.2. The minimum atomic E-state index is 0.250. The number of nitrogens with zero attached hydrogens (tertiary/aromatic N) is 4. The first kappa shape index (κ1) is 19.6. The van der Waals surface area contributed by atoms with Crippen molar-refractivity contribution in [2.45, 2.75) is 40.0 Å². The number of thiazole rings is 1. The first-order chi connectivity index (χ1) is 13.1. The van der Waals surface area contributed by atoms with Gasteiger partial charge in [0.25, 0.3) is 0 Å². The number of rotatable bonds is 6. The minimum Gasteiger partial charge on any atom is -0.375 e. The molecule has 0 bridgehead atoms. The van der Waals surface area contributed by atoms with Gasteiger partial charge in [-0.15, -0.1) is 11.3 Å². The van der Waals surface area contributed by atoms with Gasteiger partial charge in [0.1, 0.15) is 10.8 Å². The highest BCUT2D eigenvalue weighted by Gasteiger charge is 2.17. The molecule has 1 aliphatic rings. The van der Waals surface area contributed by atoms with Crippen LogP contribution < -0.4 is 15.5 Å². The number of guanidine groups is 1. The van der Waals surface area contributed by atoms with Crippen molar-refractivity contribution < 1.29 is 4.74 Å². The predicted molar refractivity (Wildman–Crippen MR) is 110 cm³/mol. The van der Waals surface area contributed by atoms with E-state index in [1.54, 1.807) is 11.3 Å². The van der Waals surface area contributed by atoms with Gasteiger partial charge in [0.15, 0.2) is 5.96 Å². The molecular weight excluding hydrogens is 360 g/mol. The lowest BCUT2D eigenvalue weighted by Crippen LogP contribution is -2.41. The molecule has 1 atom stereocenters. The highest BCUT2D eigenvalue weighted by atomic mass is 32.1. The number of morpholine rings is 1. The molecule has 0 spiro atoms. The van der Waals surface area contributed by atoms with Gasteiger partial charge in [-0.2, -0.15) is 0 Å². The van der Waals surface area contributed by atoms with Crippen LogP contribution in [0.2, 0.25) is 0 Å². The van der Waals surface area contributed by atoms with Gasteiger partial charge in [-0.05, 0) is 32.4 Å². The van der Waals surface area contributed by atoms with Crippen LogP contribution in [0.25, 0.3) is 0 Å². The number of hydrogen-bond acceptors (Lipinski definition) is 6. The Morgan fingerprint density at radius 3 is 2.89 bits per heavy atom. The molecule has 0 aliphatic carbocycles. The summed E-state index contributed by atoms with van der Waals surface area (Å²) in [6.07, 6.45) is 4.06. The van der Waals surface area contributed by atoms with Crippen molar-refractivity contribution in [1.29, 1.82) is 0 Å². The second-order valence-corrected chi connectivity index (χ2v) is 7.88. The Bertz CT molecular complexity index is 745. The maximum absolute atomic E-state index is 5.59. The topological polar surface area (TPSA) is 74.7 Å².